The van der Waals surface area contributed by atoms with Gasteiger partial charge in [0.2, 0.25) is 6.79 Å². The van der Waals surface area contributed by atoms with E-state index in [1.165, 1.54) is 5.56 Å². The van der Waals surface area contributed by atoms with Crippen molar-refractivity contribution in [1.29, 1.82) is 0 Å². The van der Waals surface area contributed by atoms with Crippen LogP contribution < -0.4 is 9.47 Å². The molecule has 0 N–H and O–H groups in total. The van der Waals surface area contributed by atoms with Crippen molar-refractivity contribution in [3.05, 3.63) is 57.2 Å². The number of hydrogen-bond acceptors (Lipinski definition) is 4. The molecular formula is C19H19IN2O3. The number of nitrogens with zero attached hydrogens (tertiary/aromatic N) is 2. The zero-order chi connectivity index (χ0) is 17.2. The zero-order valence-electron chi connectivity index (χ0n) is 13.8. The van der Waals surface area contributed by atoms with E-state index in [0.29, 0.717) is 6.79 Å². The Morgan fingerprint density at radius 1 is 1.00 bits per heavy atom. The molecule has 1 amide bonds. The van der Waals surface area contributed by atoms with E-state index in [2.05, 4.69) is 33.6 Å². The summed E-state index contributed by atoms with van der Waals surface area (Å²) in [6, 6.07) is 13.9. The molecular weight excluding hydrogens is 431 g/mol. The first-order valence-electron chi connectivity index (χ1n) is 8.35. The molecule has 2 aromatic carbocycles. The van der Waals surface area contributed by atoms with Crippen LogP contribution in [0.1, 0.15) is 15.9 Å². The average molecular weight is 450 g/mol. The Hall–Kier alpha value is -1.80. The number of ether oxygens (including phenoxy) is 2. The van der Waals surface area contributed by atoms with E-state index < -0.39 is 0 Å². The molecule has 4 rings (SSSR count). The number of fused-ring (bicyclic) bond motifs is 1. The van der Waals surface area contributed by atoms with Gasteiger partial charge in [0.25, 0.3) is 5.91 Å². The van der Waals surface area contributed by atoms with Crippen LogP contribution in [0, 0.1) is 3.57 Å². The number of amides is 1. The minimum absolute atomic E-state index is 0.126. The molecule has 0 bridgehead atoms. The third kappa shape index (κ3) is 3.74. The lowest BCUT2D eigenvalue weighted by Crippen LogP contribution is -2.48. The number of hydrogen-bond donors (Lipinski definition) is 0. The Balaban J connectivity index is 1.34. The highest BCUT2D eigenvalue weighted by Crippen LogP contribution is 2.32. The smallest absolute Gasteiger partial charge is 0.253 e. The molecule has 0 spiro atoms. The Kier molecular flexibility index (Phi) is 4.80. The van der Waals surface area contributed by atoms with Gasteiger partial charge in [0, 0.05) is 41.9 Å². The second-order valence-electron chi connectivity index (χ2n) is 6.27. The van der Waals surface area contributed by atoms with Crippen LogP contribution in [-0.4, -0.2) is 48.7 Å². The standard InChI is InChI=1S/C19H19IN2O3/c20-16-3-1-2-15(11-16)19(23)22-8-6-21(7-9-22)12-14-4-5-17-18(10-14)25-13-24-17/h1-5,10-11H,6-9,12-13H2. The normalized spacial score (nSPS) is 16.9. The van der Waals surface area contributed by atoms with Crippen LogP contribution in [0.3, 0.4) is 0 Å². The Morgan fingerprint density at radius 2 is 1.80 bits per heavy atom. The van der Waals surface area contributed by atoms with Gasteiger partial charge in [-0.2, -0.15) is 0 Å². The quantitative estimate of drug-likeness (QED) is 0.675. The third-order valence-corrected chi connectivity index (χ3v) is 5.25. The highest BCUT2D eigenvalue weighted by Gasteiger charge is 2.23. The van der Waals surface area contributed by atoms with Crippen molar-refractivity contribution in [2.24, 2.45) is 0 Å². The summed E-state index contributed by atoms with van der Waals surface area (Å²) in [4.78, 5) is 16.9. The van der Waals surface area contributed by atoms with Gasteiger partial charge in [-0.1, -0.05) is 12.1 Å². The minimum atomic E-state index is 0.126. The molecule has 1 saturated heterocycles. The number of benzene rings is 2. The Bertz CT molecular complexity index is 788. The fourth-order valence-electron chi connectivity index (χ4n) is 3.21. The molecule has 0 aliphatic carbocycles. The molecule has 5 nitrogen and oxygen atoms in total. The largest absolute Gasteiger partial charge is 0.454 e. The van der Waals surface area contributed by atoms with Crippen LogP contribution in [0.4, 0.5) is 0 Å². The molecule has 0 saturated carbocycles. The van der Waals surface area contributed by atoms with E-state index in [4.69, 9.17) is 9.47 Å². The molecule has 2 heterocycles. The van der Waals surface area contributed by atoms with Crippen LogP contribution in [0.5, 0.6) is 11.5 Å². The summed E-state index contributed by atoms with van der Waals surface area (Å²) >= 11 is 2.24. The van der Waals surface area contributed by atoms with Crippen molar-refractivity contribution >= 4 is 28.5 Å². The number of piperazine rings is 1. The van der Waals surface area contributed by atoms with E-state index in [-0.39, 0.29) is 5.91 Å². The van der Waals surface area contributed by atoms with Gasteiger partial charge in [0.05, 0.1) is 0 Å². The van der Waals surface area contributed by atoms with Crippen LogP contribution >= 0.6 is 22.6 Å². The summed E-state index contributed by atoms with van der Waals surface area (Å²) in [5.74, 6) is 1.77. The predicted octanol–water partition coefficient (Wildman–Crippen LogP) is 2.98. The maximum Gasteiger partial charge on any atom is 0.253 e. The van der Waals surface area contributed by atoms with Crippen LogP contribution in [0.15, 0.2) is 42.5 Å². The lowest BCUT2D eigenvalue weighted by atomic mass is 10.1. The summed E-state index contributed by atoms with van der Waals surface area (Å²) in [5, 5.41) is 0. The SMILES string of the molecule is O=C(c1cccc(I)c1)N1CCN(Cc2ccc3c(c2)OCO3)CC1. The lowest BCUT2D eigenvalue weighted by molar-refractivity contribution is 0.0628. The molecule has 1 fully saturated rings. The molecule has 0 unspecified atom stereocenters. The van der Waals surface area contributed by atoms with Gasteiger partial charge in [-0.3, -0.25) is 9.69 Å². The molecule has 2 aliphatic heterocycles. The summed E-state index contributed by atoms with van der Waals surface area (Å²) in [6.07, 6.45) is 0. The first-order chi connectivity index (χ1) is 12.2. The van der Waals surface area contributed by atoms with E-state index in [9.17, 15) is 4.79 Å². The predicted molar refractivity (Wildman–Crippen MR) is 103 cm³/mol. The molecule has 0 radical (unpaired) electrons. The van der Waals surface area contributed by atoms with Crippen molar-refractivity contribution in [3.63, 3.8) is 0 Å². The fraction of sp³-hybridized carbons (Fsp3) is 0.316. The molecule has 0 aromatic heterocycles. The number of halogens is 1. The number of carbonyl (C=O) groups is 1. The maximum absolute atomic E-state index is 12.6. The highest BCUT2D eigenvalue weighted by atomic mass is 127. The minimum Gasteiger partial charge on any atom is -0.454 e. The molecule has 25 heavy (non-hydrogen) atoms. The lowest BCUT2D eigenvalue weighted by Gasteiger charge is -2.34. The van der Waals surface area contributed by atoms with Crippen molar-refractivity contribution in [1.82, 2.24) is 9.80 Å². The van der Waals surface area contributed by atoms with Crippen molar-refractivity contribution in [3.8, 4) is 11.5 Å². The number of rotatable bonds is 3. The fourth-order valence-corrected chi connectivity index (χ4v) is 3.75. The van der Waals surface area contributed by atoms with Gasteiger partial charge in [-0.15, -0.1) is 0 Å². The zero-order valence-corrected chi connectivity index (χ0v) is 15.9. The summed E-state index contributed by atoms with van der Waals surface area (Å²) in [6.45, 7) is 4.44. The van der Waals surface area contributed by atoms with E-state index >= 15 is 0 Å². The highest BCUT2D eigenvalue weighted by molar-refractivity contribution is 14.1. The summed E-state index contributed by atoms with van der Waals surface area (Å²) < 4.78 is 11.9. The third-order valence-electron chi connectivity index (χ3n) is 4.57. The van der Waals surface area contributed by atoms with Gasteiger partial charge in [0.15, 0.2) is 11.5 Å². The topological polar surface area (TPSA) is 42.0 Å². The van der Waals surface area contributed by atoms with Crippen molar-refractivity contribution in [2.75, 3.05) is 33.0 Å². The Morgan fingerprint density at radius 3 is 2.60 bits per heavy atom. The van der Waals surface area contributed by atoms with Gasteiger partial charge in [-0.25, -0.2) is 0 Å². The Labute approximate surface area is 160 Å². The van der Waals surface area contributed by atoms with E-state index in [0.717, 1.165) is 53.4 Å². The van der Waals surface area contributed by atoms with Crippen molar-refractivity contribution in [2.45, 2.75) is 6.54 Å². The van der Waals surface area contributed by atoms with Gasteiger partial charge >= 0.3 is 0 Å². The molecule has 0 atom stereocenters. The molecule has 2 aliphatic rings. The average Bonchev–Trinajstić information content (AvgIpc) is 3.09. The summed E-state index contributed by atoms with van der Waals surface area (Å²) in [5.41, 5.74) is 1.98. The van der Waals surface area contributed by atoms with Gasteiger partial charge < -0.3 is 14.4 Å². The molecule has 6 heteroatoms. The second-order valence-corrected chi connectivity index (χ2v) is 7.51. The van der Waals surface area contributed by atoms with Crippen LogP contribution in [-0.2, 0) is 6.54 Å². The van der Waals surface area contributed by atoms with Crippen LogP contribution in [0.25, 0.3) is 0 Å². The van der Waals surface area contributed by atoms with E-state index in [1.807, 2.05) is 41.3 Å². The summed E-state index contributed by atoms with van der Waals surface area (Å²) in [7, 11) is 0. The number of carbonyl (C=O) groups excluding carboxylic acids is 1. The van der Waals surface area contributed by atoms with Crippen LogP contribution in [0.2, 0.25) is 0 Å². The van der Waals surface area contributed by atoms with Gasteiger partial charge in [0.1, 0.15) is 0 Å². The first-order valence-corrected chi connectivity index (χ1v) is 9.43. The van der Waals surface area contributed by atoms with Crippen molar-refractivity contribution < 1.29 is 14.3 Å². The van der Waals surface area contributed by atoms with Gasteiger partial charge in [-0.05, 0) is 58.5 Å². The second kappa shape index (κ2) is 7.21. The first kappa shape index (κ1) is 16.7. The maximum atomic E-state index is 12.6. The molecule has 2 aromatic rings. The monoisotopic (exact) mass is 450 g/mol. The van der Waals surface area contributed by atoms with E-state index in [1.54, 1.807) is 0 Å². The molecule has 130 valence electrons.